The molecule has 16 heteroatoms. The lowest BCUT2D eigenvalue weighted by Crippen LogP contribution is -2.36. The minimum Gasteiger partial charge on any atom is -0.336 e. The minimum absolute atomic E-state index is 0.310. The van der Waals surface area contributed by atoms with Gasteiger partial charge < -0.3 is 19.6 Å². The molecule has 0 unspecified atom stereocenters. The van der Waals surface area contributed by atoms with E-state index in [1.165, 1.54) is 0 Å². The van der Waals surface area contributed by atoms with Gasteiger partial charge in [-0.15, -0.1) is 0 Å². The standard InChI is InChI=1S/C22H26Cl2N10O4/c23-19-5-3-17(13-25-19)15-31-11-9-29(21(31)27-33(35)36)7-1-2-8-30-10-12-32(22(30)28-34(37)38)16-18-4-6-20(24)26-14-18/h3-6,13-14H,1-2,7-12,15-16H2. The van der Waals surface area contributed by atoms with Gasteiger partial charge in [0.1, 0.15) is 20.5 Å². The lowest BCUT2D eigenvalue weighted by Gasteiger charge is -2.22. The Hall–Kier alpha value is -3.78. The number of unbranched alkanes of at least 4 members (excludes halogenated alkanes) is 1. The smallest absolute Gasteiger partial charge is 0.274 e. The van der Waals surface area contributed by atoms with Crippen molar-refractivity contribution in [1.82, 2.24) is 29.6 Å². The molecule has 4 rings (SSSR count). The van der Waals surface area contributed by atoms with Gasteiger partial charge in [0, 0.05) is 64.8 Å². The average Bonchev–Trinajstić information content (AvgIpc) is 3.42. The molecule has 0 bridgehead atoms. The molecule has 0 spiro atoms. The van der Waals surface area contributed by atoms with Crippen LogP contribution in [0.5, 0.6) is 0 Å². The van der Waals surface area contributed by atoms with Crippen LogP contribution in [0.1, 0.15) is 24.0 Å². The number of aromatic nitrogens is 2. The maximum Gasteiger partial charge on any atom is 0.274 e. The molecule has 4 heterocycles. The van der Waals surface area contributed by atoms with Crippen LogP contribution >= 0.6 is 23.2 Å². The van der Waals surface area contributed by atoms with Crippen LogP contribution in [0.25, 0.3) is 0 Å². The number of pyridine rings is 2. The normalized spacial score (nSPS) is 17.7. The Morgan fingerprint density at radius 2 is 1.11 bits per heavy atom. The van der Waals surface area contributed by atoms with Crippen molar-refractivity contribution in [2.75, 3.05) is 39.3 Å². The first kappa shape index (κ1) is 27.3. The van der Waals surface area contributed by atoms with Gasteiger partial charge in [-0.05, 0) is 36.1 Å². The molecule has 2 aliphatic rings. The molecular formula is C22H26Cl2N10O4. The largest absolute Gasteiger partial charge is 0.336 e. The number of halogens is 2. The van der Waals surface area contributed by atoms with Crippen LogP contribution < -0.4 is 0 Å². The zero-order chi connectivity index (χ0) is 27.1. The van der Waals surface area contributed by atoms with Gasteiger partial charge in [-0.25, -0.2) is 30.2 Å². The lowest BCUT2D eigenvalue weighted by molar-refractivity contribution is -0.486. The molecule has 0 N–H and O–H groups in total. The van der Waals surface area contributed by atoms with Gasteiger partial charge in [0.2, 0.25) is 0 Å². The molecule has 0 saturated carbocycles. The highest BCUT2D eigenvalue weighted by Crippen LogP contribution is 2.18. The van der Waals surface area contributed by atoms with E-state index in [1.807, 2.05) is 31.7 Å². The van der Waals surface area contributed by atoms with E-state index in [2.05, 4.69) is 20.2 Å². The van der Waals surface area contributed by atoms with Gasteiger partial charge in [0.15, 0.2) is 10.1 Å². The van der Waals surface area contributed by atoms with Crippen molar-refractivity contribution >= 4 is 35.1 Å². The number of nitrogens with zero attached hydrogens (tertiary/aromatic N) is 10. The van der Waals surface area contributed by atoms with Gasteiger partial charge in [0.05, 0.1) is 0 Å². The predicted molar refractivity (Wildman–Crippen MR) is 141 cm³/mol. The van der Waals surface area contributed by atoms with Crippen molar-refractivity contribution in [2.45, 2.75) is 25.9 Å². The summed E-state index contributed by atoms with van der Waals surface area (Å²) in [6.45, 7) is 4.39. The third-order valence-corrected chi connectivity index (χ3v) is 6.63. The highest BCUT2D eigenvalue weighted by Gasteiger charge is 2.31. The van der Waals surface area contributed by atoms with Crippen LogP contribution in [0.3, 0.4) is 0 Å². The Labute approximate surface area is 228 Å². The van der Waals surface area contributed by atoms with E-state index >= 15 is 0 Å². The summed E-state index contributed by atoms with van der Waals surface area (Å²) in [7, 11) is 0. The second-order valence-corrected chi connectivity index (χ2v) is 9.55. The summed E-state index contributed by atoms with van der Waals surface area (Å²) in [5, 5.41) is 29.0. The lowest BCUT2D eigenvalue weighted by atomic mass is 10.2. The molecule has 0 radical (unpaired) electrons. The Bertz CT molecular complexity index is 1100. The molecule has 2 fully saturated rings. The molecule has 2 aromatic heterocycles. The van der Waals surface area contributed by atoms with Gasteiger partial charge >= 0.3 is 0 Å². The molecule has 0 atom stereocenters. The number of nitro groups is 2. The third-order valence-electron chi connectivity index (χ3n) is 6.18. The van der Waals surface area contributed by atoms with E-state index < -0.39 is 10.1 Å². The number of hydrazone groups is 2. The maximum atomic E-state index is 11.2. The summed E-state index contributed by atoms with van der Waals surface area (Å²) in [6.07, 6.45) is 4.72. The fourth-order valence-corrected chi connectivity index (χ4v) is 4.67. The van der Waals surface area contributed by atoms with E-state index in [9.17, 15) is 20.2 Å². The van der Waals surface area contributed by atoms with E-state index in [0.29, 0.717) is 74.6 Å². The van der Waals surface area contributed by atoms with Crippen molar-refractivity contribution in [1.29, 1.82) is 0 Å². The summed E-state index contributed by atoms with van der Waals surface area (Å²) in [4.78, 5) is 38.0. The van der Waals surface area contributed by atoms with Crippen LogP contribution in [0.4, 0.5) is 0 Å². The molecule has 14 nitrogen and oxygen atoms in total. The SMILES string of the molecule is O=[N+]([O-])N=C1N(CCCCN2CCN(Cc3ccc(Cl)nc3)C2=N[N+](=O)[O-])CCN1Cc1ccc(Cl)nc1. The van der Waals surface area contributed by atoms with Crippen molar-refractivity contribution in [2.24, 2.45) is 10.2 Å². The summed E-state index contributed by atoms with van der Waals surface area (Å²) in [5.74, 6) is 0.619. The van der Waals surface area contributed by atoms with Crippen LogP contribution in [-0.4, -0.2) is 90.8 Å². The van der Waals surface area contributed by atoms with Crippen molar-refractivity contribution in [3.8, 4) is 0 Å². The Morgan fingerprint density at radius 1 is 0.711 bits per heavy atom. The summed E-state index contributed by atoms with van der Waals surface area (Å²) in [5.41, 5.74) is 1.75. The second kappa shape index (κ2) is 12.6. The van der Waals surface area contributed by atoms with Gasteiger partial charge in [-0.3, -0.25) is 0 Å². The number of guanidine groups is 2. The first-order valence-electron chi connectivity index (χ1n) is 11.9. The molecular weight excluding hydrogens is 539 g/mol. The Balaban J connectivity index is 1.31. The van der Waals surface area contributed by atoms with Crippen molar-refractivity contribution in [3.05, 3.63) is 78.3 Å². The van der Waals surface area contributed by atoms with E-state index in [-0.39, 0.29) is 0 Å². The van der Waals surface area contributed by atoms with Crippen molar-refractivity contribution in [3.63, 3.8) is 0 Å². The molecule has 202 valence electrons. The number of hydrogen-bond donors (Lipinski definition) is 0. The quantitative estimate of drug-likeness (QED) is 0.172. The van der Waals surface area contributed by atoms with Gasteiger partial charge in [-0.2, -0.15) is 0 Å². The van der Waals surface area contributed by atoms with E-state index in [0.717, 1.165) is 24.0 Å². The summed E-state index contributed by atoms with van der Waals surface area (Å²) < 4.78 is 0. The van der Waals surface area contributed by atoms with Crippen molar-refractivity contribution < 1.29 is 10.1 Å². The molecule has 2 aromatic rings. The van der Waals surface area contributed by atoms with Gasteiger partial charge in [0.25, 0.3) is 11.9 Å². The Morgan fingerprint density at radius 3 is 1.45 bits per heavy atom. The van der Waals surface area contributed by atoms with Crippen LogP contribution in [0.2, 0.25) is 10.3 Å². The zero-order valence-corrected chi connectivity index (χ0v) is 21.9. The summed E-state index contributed by atoms with van der Waals surface area (Å²) >= 11 is 11.7. The minimum atomic E-state index is -0.684. The number of hydrogen-bond acceptors (Lipinski definition) is 6. The number of rotatable bonds is 11. The Kier molecular flexibility index (Phi) is 9.07. The first-order valence-corrected chi connectivity index (χ1v) is 12.7. The molecule has 0 aliphatic carbocycles. The fourth-order valence-electron chi connectivity index (χ4n) is 4.45. The monoisotopic (exact) mass is 564 g/mol. The first-order chi connectivity index (χ1) is 18.3. The predicted octanol–water partition coefficient (Wildman–Crippen LogP) is 2.59. The zero-order valence-electron chi connectivity index (χ0n) is 20.4. The van der Waals surface area contributed by atoms with Crippen LogP contribution in [0, 0.1) is 20.2 Å². The third kappa shape index (κ3) is 7.38. The van der Waals surface area contributed by atoms with E-state index in [4.69, 9.17) is 23.2 Å². The fraction of sp³-hybridized carbons (Fsp3) is 0.455. The van der Waals surface area contributed by atoms with Gasteiger partial charge in [-0.1, -0.05) is 35.3 Å². The molecule has 2 aliphatic heterocycles. The maximum absolute atomic E-state index is 11.2. The van der Waals surface area contributed by atoms with Crippen LogP contribution in [-0.2, 0) is 13.1 Å². The highest BCUT2D eigenvalue weighted by atomic mass is 35.5. The van der Waals surface area contributed by atoms with E-state index in [1.54, 1.807) is 24.5 Å². The topological polar surface area (TPSA) is 150 Å². The molecule has 38 heavy (non-hydrogen) atoms. The highest BCUT2D eigenvalue weighted by molar-refractivity contribution is 6.29. The average molecular weight is 565 g/mol. The molecule has 2 saturated heterocycles. The second-order valence-electron chi connectivity index (χ2n) is 8.78. The molecule has 0 amide bonds. The summed E-state index contributed by atoms with van der Waals surface area (Å²) in [6, 6.07) is 7.01. The van der Waals surface area contributed by atoms with Crippen LogP contribution in [0.15, 0.2) is 46.9 Å². The molecule has 0 aromatic carbocycles.